The number of amides is 1. The highest BCUT2D eigenvalue weighted by molar-refractivity contribution is 9.10. The summed E-state index contributed by atoms with van der Waals surface area (Å²) in [6, 6.07) is 6.92. The van der Waals surface area contributed by atoms with Crippen molar-refractivity contribution in [3.8, 4) is 0 Å². The van der Waals surface area contributed by atoms with Gasteiger partial charge in [-0.15, -0.1) is 0 Å². The highest BCUT2D eigenvalue weighted by Gasteiger charge is 2.26. The lowest BCUT2D eigenvalue weighted by Crippen LogP contribution is -2.41. The lowest BCUT2D eigenvalue weighted by Gasteiger charge is -2.12. The van der Waals surface area contributed by atoms with E-state index in [0.29, 0.717) is 31.2 Å². The molecule has 0 saturated heterocycles. The molecule has 0 fully saturated rings. The minimum absolute atomic E-state index is 0.219. The molecule has 1 aromatic rings. The van der Waals surface area contributed by atoms with Crippen LogP contribution in [0.5, 0.6) is 0 Å². The fourth-order valence-corrected chi connectivity index (χ4v) is 1.96. The van der Waals surface area contributed by atoms with Crippen molar-refractivity contribution in [3.05, 3.63) is 34.3 Å². The van der Waals surface area contributed by atoms with E-state index < -0.39 is 12.6 Å². The summed E-state index contributed by atoms with van der Waals surface area (Å²) in [6.45, 7) is 2.67. The Morgan fingerprint density at radius 1 is 1.12 bits per heavy atom. The van der Waals surface area contributed by atoms with Crippen LogP contribution in [-0.2, 0) is 0 Å². The molecular weight excluding hydrogens is 389 g/mol. The molecule has 0 unspecified atom stereocenters. The third-order valence-electron chi connectivity index (χ3n) is 2.82. The number of nitrogens with one attached hydrogen (secondary N) is 3. The third kappa shape index (κ3) is 8.76. The number of aliphatic imine (C=N–C) groups is 1. The van der Waals surface area contributed by atoms with Crippen molar-refractivity contribution in [1.29, 1.82) is 0 Å². The first-order chi connectivity index (χ1) is 11.3. The SMILES string of the molecule is CCNC(=NCCC(F)(F)F)NCCNC(=O)c1ccc(Br)cc1. The summed E-state index contributed by atoms with van der Waals surface area (Å²) in [7, 11) is 0. The average Bonchev–Trinajstić information content (AvgIpc) is 2.50. The normalized spacial score (nSPS) is 12.0. The topological polar surface area (TPSA) is 65.5 Å². The molecule has 3 N–H and O–H groups in total. The first kappa shape index (κ1) is 20.3. The Kier molecular flexibility index (Phi) is 8.59. The van der Waals surface area contributed by atoms with Crippen LogP contribution in [0.2, 0.25) is 0 Å². The van der Waals surface area contributed by atoms with Gasteiger partial charge in [-0.2, -0.15) is 13.2 Å². The summed E-state index contributed by atoms with van der Waals surface area (Å²) in [4.78, 5) is 15.7. The molecule has 0 heterocycles. The highest BCUT2D eigenvalue weighted by atomic mass is 79.9. The Morgan fingerprint density at radius 3 is 2.33 bits per heavy atom. The van der Waals surface area contributed by atoms with Crippen LogP contribution in [0.25, 0.3) is 0 Å². The molecule has 1 amide bonds. The molecule has 1 aromatic carbocycles. The van der Waals surface area contributed by atoms with E-state index in [9.17, 15) is 18.0 Å². The Morgan fingerprint density at radius 2 is 1.75 bits per heavy atom. The molecule has 0 atom stereocenters. The van der Waals surface area contributed by atoms with E-state index in [1.165, 1.54) is 0 Å². The summed E-state index contributed by atoms with van der Waals surface area (Å²) in [5.41, 5.74) is 0.531. The predicted molar refractivity (Wildman–Crippen MR) is 91.1 cm³/mol. The van der Waals surface area contributed by atoms with Gasteiger partial charge in [0.1, 0.15) is 0 Å². The maximum atomic E-state index is 12.1. The number of carbonyl (C=O) groups excluding carboxylic acids is 1. The minimum Gasteiger partial charge on any atom is -0.357 e. The first-order valence-corrected chi connectivity index (χ1v) is 8.24. The summed E-state index contributed by atoms with van der Waals surface area (Å²) >= 11 is 3.29. The number of nitrogens with zero attached hydrogens (tertiary/aromatic N) is 1. The summed E-state index contributed by atoms with van der Waals surface area (Å²) in [5.74, 6) is 0.0722. The van der Waals surface area contributed by atoms with Crippen molar-refractivity contribution in [2.45, 2.75) is 19.5 Å². The van der Waals surface area contributed by atoms with Gasteiger partial charge in [0.25, 0.3) is 5.91 Å². The molecule has 0 saturated carbocycles. The van der Waals surface area contributed by atoms with Crippen molar-refractivity contribution in [2.75, 3.05) is 26.2 Å². The molecule has 0 aliphatic carbocycles. The molecule has 134 valence electrons. The fourth-order valence-electron chi connectivity index (χ4n) is 1.70. The zero-order chi connectivity index (χ0) is 18.0. The van der Waals surface area contributed by atoms with E-state index in [4.69, 9.17) is 0 Å². The predicted octanol–water partition coefficient (Wildman–Crippen LogP) is 2.69. The van der Waals surface area contributed by atoms with Gasteiger partial charge in [-0.1, -0.05) is 15.9 Å². The van der Waals surface area contributed by atoms with E-state index in [0.717, 1.165) is 4.47 Å². The van der Waals surface area contributed by atoms with Crippen LogP contribution >= 0.6 is 15.9 Å². The van der Waals surface area contributed by atoms with Gasteiger partial charge < -0.3 is 16.0 Å². The molecule has 0 aromatic heterocycles. The minimum atomic E-state index is -4.22. The molecule has 1 rings (SSSR count). The molecule has 0 radical (unpaired) electrons. The van der Waals surface area contributed by atoms with Crippen LogP contribution in [0.15, 0.2) is 33.7 Å². The number of benzene rings is 1. The number of hydrogen-bond acceptors (Lipinski definition) is 2. The average molecular weight is 409 g/mol. The summed E-state index contributed by atoms with van der Waals surface area (Å²) in [6.07, 6.45) is -5.19. The Bertz CT molecular complexity index is 547. The van der Waals surface area contributed by atoms with Gasteiger partial charge in [-0.3, -0.25) is 9.79 Å². The molecular formula is C15H20BrF3N4O. The number of alkyl halides is 3. The van der Waals surface area contributed by atoms with Gasteiger partial charge in [0.15, 0.2) is 5.96 Å². The molecule has 0 bridgehead atoms. The number of rotatable bonds is 7. The molecule has 9 heteroatoms. The molecule has 0 spiro atoms. The Hall–Kier alpha value is -1.77. The van der Waals surface area contributed by atoms with Gasteiger partial charge in [0.2, 0.25) is 0 Å². The van der Waals surface area contributed by atoms with Gasteiger partial charge in [0.05, 0.1) is 13.0 Å². The number of guanidine groups is 1. The summed E-state index contributed by atoms with van der Waals surface area (Å²) in [5, 5.41) is 8.44. The largest absolute Gasteiger partial charge is 0.390 e. The van der Waals surface area contributed by atoms with E-state index in [2.05, 4.69) is 36.9 Å². The molecule has 24 heavy (non-hydrogen) atoms. The van der Waals surface area contributed by atoms with Crippen molar-refractivity contribution < 1.29 is 18.0 Å². The number of carbonyl (C=O) groups is 1. The van der Waals surface area contributed by atoms with Crippen LogP contribution in [0.1, 0.15) is 23.7 Å². The first-order valence-electron chi connectivity index (χ1n) is 7.44. The Balaban J connectivity index is 2.35. The van der Waals surface area contributed by atoms with Gasteiger partial charge in [-0.05, 0) is 31.2 Å². The lowest BCUT2D eigenvalue weighted by molar-refractivity contribution is -0.132. The smallest absolute Gasteiger partial charge is 0.357 e. The van der Waals surface area contributed by atoms with E-state index >= 15 is 0 Å². The van der Waals surface area contributed by atoms with E-state index in [-0.39, 0.29) is 12.5 Å². The summed E-state index contributed by atoms with van der Waals surface area (Å²) < 4.78 is 37.2. The van der Waals surface area contributed by atoms with Gasteiger partial charge >= 0.3 is 6.18 Å². The second-order valence-electron chi connectivity index (χ2n) is 4.82. The standard InChI is InChI=1S/C15H20BrF3N4O/c1-2-20-14(22-8-7-15(17,18)19)23-10-9-21-13(24)11-3-5-12(16)6-4-11/h3-6H,2,7-10H2,1H3,(H,21,24)(H2,20,22,23). The van der Waals surface area contributed by atoms with Crippen molar-refractivity contribution >= 4 is 27.8 Å². The number of hydrogen-bond donors (Lipinski definition) is 3. The van der Waals surface area contributed by atoms with Crippen molar-refractivity contribution in [1.82, 2.24) is 16.0 Å². The van der Waals surface area contributed by atoms with Crippen LogP contribution < -0.4 is 16.0 Å². The van der Waals surface area contributed by atoms with Crippen LogP contribution in [0, 0.1) is 0 Å². The van der Waals surface area contributed by atoms with Crippen molar-refractivity contribution in [2.24, 2.45) is 4.99 Å². The maximum absolute atomic E-state index is 12.1. The second kappa shape index (κ2) is 10.2. The second-order valence-corrected chi connectivity index (χ2v) is 5.73. The lowest BCUT2D eigenvalue weighted by atomic mass is 10.2. The third-order valence-corrected chi connectivity index (χ3v) is 3.35. The zero-order valence-electron chi connectivity index (χ0n) is 13.2. The van der Waals surface area contributed by atoms with Crippen LogP contribution in [0.3, 0.4) is 0 Å². The van der Waals surface area contributed by atoms with Gasteiger partial charge in [0, 0.05) is 29.7 Å². The van der Waals surface area contributed by atoms with Crippen LogP contribution in [0.4, 0.5) is 13.2 Å². The maximum Gasteiger partial charge on any atom is 0.390 e. The van der Waals surface area contributed by atoms with E-state index in [1.54, 1.807) is 24.3 Å². The van der Waals surface area contributed by atoms with E-state index in [1.807, 2.05) is 6.92 Å². The monoisotopic (exact) mass is 408 g/mol. The molecule has 5 nitrogen and oxygen atoms in total. The fraction of sp³-hybridized carbons (Fsp3) is 0.467. The zero-order valence-corrected chi connectivity index (χ0v) is 14.8. The molecule has 0 aliphatic heterocycles. The molecule has 0 aliphatic rings. The highest BCUT2D eigenvalue weighted by Crippen LogP contribution is 2.18. The van der Waals surface area contributed by atoms with Crippen molar-refractivity contribution in [3.63, 3.8) is 0 Å². The van der Waals surface area contributed by atoms with Gasteiger partial charge in [-0.25, -0.2) is 0 Å². The Labute approximate surface area is 147 Å². The van der Waals surface area contributed by atoms with Crippen LogP contribution in [-0.4, -0.2) is 44.2 Å². The quantitative estimate of drug-likeness (QED) is 0.369. The number of halogens is 4.